The van der Waals surface area contributed by atoms with E-state index in [1.54, 1.807) is 0 Å². The minimum atomic E-state index is -1.02. The number of esters is 9. The van der Waals surface area contributed by atoms with Gasteiger partial charge in [-0.05, 0) is 222 Å². The number of ether oxygens (including phenoxy) is 11. The number of nitrogens with zero attached hydrogens (tertiary/aromatic N) is 1. The van der Waals surface area contributed by atoms with E-state index in [1.165, 1.54) is 89.7 Å². The van der Waals surface area contributed by atoms with E-state index in [0.29, 0.717) is 136 Å². The van der Waals surface area contributed by atoms with Gasteiger partial charge in [-0.15, -0.1) is 0 Å². The number of carbonyl (C=O) groups is 11. The Balaban J connectivity index is -0.000000479. The number of quaternary nitrogens is 1. The Kier molecular flexibility index (Phi) is 82.8. The van der Waals surface area contributed by atoms with Crippen LogP contribution in [-0.4, -0.2) is 211 Å². The van der Waals surface area contributed by atoms with Crippen molar-refractivity contribution < 1.29 is 130 Å². The third kappa shape index (κ3) is 83.0. The summed E-state index contributed by atoms with van der Waals surface area (Å²) in [5.41, 5.74) is -1.79. The van der Waals surface area contributed by atoms with E-state index < -0.39 is 51.8 Å². The maximum absolute atomic E-state index is 11.8. The normalized spacial score (nSPS) is 12.1. The molecule has 27 nitrogen and oxygen atoms in total. The zero-order valence-corrected chi connectivity index (χ0v) is 79.6. The van der Waals surface area contributed by atoms with Crippen LogP contribution >= 0.6 is 0 Å². The van der Waals surface area contributed by atoms with Crippen LogP contribution in [0.2, 0.25) is 0 Å². The molecule has 0 aromatic carbocycles. The van der Waals surface area contributed by atoms with Gasteiger partial charge >= 0.3 is 59.7 Å². The zero-order valence-electron chi connectivity index (χ0n) is 79.6. The van der Waals surface area contributed by atoms with Crippen LogP contribution < -0.4 is 5.11 Å². The van der Waals surface area contributed by atoms with Gasteiger partial charge in [0.1, 0.15) is 12.7 Å². The maximum atomic E-state index is 11.8. The monoisotopic (exact) mass is 1750 g/mol. The maximum Gasteiger partial charge on any atom is 0.330 e. The van der Waals surface area contributed by atoms with Crippen LogP contribution in [0.3, 0.4) is 0 Å². The van der Waals surface area contributed by atoms with E-state index in [1.807, 2.05) is 83.1 Å². The van der Waals surface area contributed by atoms with Crippen LogP contribution in [-0.2, 0) is 105 Å². The van der Waals surface area contributed by atoms with Crippen molar-refractivity contribution in [2.45, 2.75) is 379 Å². The molecule has 0 radical (unpaired) electrons. The number of rotatable bonds is 74. The molecule has 0 fully saturated rings. The van der Waals surface area contributed by atoms with Crippen LogP contribution in [0.15, 0.2) is 25.3 Å². The fourth-order valence-electron chi connectivity index (χ4n) is 10.4. The molecule has 0 aliphatic rings. The van der Waals surface area contributed by atoms with E-state index >= 15 is 0 Å². The number of aliphatic carboxylic acids is 2. The van der Waals surface area contributed by atoms with Gasteiger partial charge in [0.2, 0.25) is 0 Å². The third-order valence-electron chi connectivity index (χ3n) is 21.0. The largest absolute Gasteiger partial charge is 0.550 e. The lowest BCUT2D eigenvalue weighted by atomic mass is 9.91. The van der Waals surface area contributed by atoms with Gasteiger partial charge in [-0.3, -0.25) is 38.4 Å². The van der Waals surface area contributed by atoms with Gasteiger partial charge in [0.05, 0.1) is 121 Å². The first-order valence-corrected chi connectivity index (χ1v) is 46.2. The molecular formula is C95H175NO26. The summed E-state index contributed by atoms with van der Waals surface area (Å²) < 4.78 is 57.8. The summed E-state index contributed by atoms with van der Waals surface area (Å²) in [4.78, 5) is 124. The summed E-state index contributed by atoms with van der Waals surface area (Å²) in [6, 6.07) is 0. The smallest absolute Gasteiger partial charge is 0.330 e. The highest BCUT2D eigenvalue weighted by Crippen LogP contribution is 2.26. The number of unbranched alkanes of at least 4 members (excludes halogenated alkanes) is 20. The van der Waals surface area contributed by atoms with Crippen LogP contribution in [0.5, 0.6) is 0 Å². The Morgan fingerprint density at radius 1 is 0.336 bits per heavy atom. The Hall–Kier alpha value is -6.55. The summed E-state index contributed by atoms with van der Waals surface area (Å²) in [6.45, 7) is 42.2. The minimum Gasteiger partial charge on any atom is -0.550 e. The Labute approximate surface area is 737 Å². The molecule has 0 aromatic rings. The predicted octanol–water partition coefficient (Wildman–Crippen LogP) is 17.7. The molecule has 3 atom stereocenters. The average Bonchev–Trinajstić information content (AvgIpc) is 0.886. The number of carboxylic acid groups (broad SMARTS) is 2. The summed E-state index contributed by atoms with van der Waals surface area (Å²) in [7, 11) is 4.51. The molecule has 0 bridgehead atoms. The molecule has 0 rings (SSSR count). The highest BCUT2D eigenvalue weighted by molar-refractivity contribution is 5.81. The summed E-state index contributed by atoms with van der Waals surface area (Å²) in [5.74, 6) is -3.74. The highest BCUT2D eigenvalue weighted by atomic mass is 16.6. The third-order valence-corrected chi connectivity index (χ3v) is 21.0. The van der Waals surface area contributed by atoms with Gasteiger partial charge in [-0.2, -0.15) is 0 Å². The van der Waals surface area contributed by atoms with Gasteiger partial charge in [0.25, 0.3) is 0 Å². The van der Waals surface area contributed by atoms with Gasteiger partial charge < -0.3 is 81.8 Å². The van der Waals surface area contributed by atoms with Gasteiger partial charge in [-0.25, -0.2) is 9.59 Å². The average molecular weight is 1750 g/mol. The van der Waals surface area contributed by atoms with E-state index in [-0.39, 0.29) is 93.3 Å². The summed E-state index contributed by atoms with van der Waals surface area (Å²) >= 11 is 0. The van der Waals surface area contributed by atoms with E-state index in [0.717, 1.165) is 113 Å². The topological polar surface area (TPSA) is 373 Å². The van der Waals surface area contributed by atoms with Crippen LogP contribution in [0.1, 0.15) is 367 Å². The number of hydrogen-bond acceptors (Lipinski definition) is 25. The molecule has 0 amide bonds. The molecule has 0 spiro atoms. The van der Waals surface area contributed by atoms with Gasteiger partial charge in [0, 0.05) is 63.4 Å². The fraction of sp³-hybridized carbons (Fsp3) is 0.842. The number of carboxylic acids is 2. The van der Waals surface area contributed by atoms with Crippen molar-refractivity contribution in [1.82, 2.24) is 0 Å². The summed E-state index contributed by atoms with van der Waals surface area (Å²) in [5, 5.41) is 38.4. The van der Waals surface area contributed by atoms with Crippen molar-refractivity contribution in [1.29, 1.82) is 0 Å². The zero-order chi connectivity index (χ0) is 93.4. The molecule has 716 valence electrons. The Morgan fingerprint density at radius 3 is 1.02 bits per heavy atom. The van der Waals surface area contributed by atoms with Crippen LogP contribution in [0.25, 0.3) is 0 Å². The number of carbonyl (C=O) groups excluding carboxylic acids is 10. The van der Waals surface area contributed by atoms with Crippen LogP contribution in [0, 0.1) is 27.6 Å². The molecule has 27 heteroatoms. The lowest BCUT2D eigenvalue weighted by Crippen LogP contribution is -2.42. The molecule has 0 saturated heterocycles. The number of aliphatic hydroxyl groups is 2. The molecular weight excluding hydrogens is 1570 g/mol. The fourth-order valence-corrected chi connectivity index (χ4v) is 10.4. The van der Waals surface area contributed by atoms with E-state index in [4.69, 9.17) is 57.2 Å². The van der Waals surface area contributed by atoms with Gasteiger partial charge in [-0.1, -0.05) is 132 Å². The van der Waals surface area contributed by atoms with Crippen molar-refractivity contribution in [2.75, 3.05) is 113 Å². The highest BCUT2D eigenvalue weighted by Gasteiger charge is 2.30. The quantitative estimate of drug-likeness (QED) is 0.0167. The standard InChI is InChI=1S/C25H50NO4.C24H44O6.C22H38O8.2C12H22O4/c1-5-7-8-9-10-11-12-13-14-15-19-26(3,4)20-18-24(27)23-29-21-16-17-22-30-25(28)6-2;1-6-9-14-20(7-2)19-30-22(26)15-11-10-12-17-28-21(25)16-13-18-29-23(27)24(4,5)8-3;1-5-19(24)28-14-11-10-13-27-16-18(23)17-30-20(25)12-8-7-9-15-29-21(26)22(3,4)6-2;2*1-4-12(2,3)11(15)16-9-7-5-6-8-10(13)14/h6,24,27H,2,5,7-23H2,1,3-4H3;20H,6-19H2,1-5H3;5,18,23H,1,6-17H2,2-4H3;2*4-9H2,1-3H3,(H,13,14)/q+1;;;;/p-1. The minimum absolute atomic E-state index is 0.0687. The molecule has 0 aromatic heterocycles. The van der Waals surface area contributed by atoms with Gasteiger partial charge in [0.15, 0.2) is 0 Å². The first kappa shape index (κ1) is 124. The second-order valence-corrected chi connectivity index (χ2v) is 34.6. The first-order valence-electron chi connectivity index (χ1n) is 46.2. The van der Waals surface area contributed by atoms with Crippen LogP contribution in [0.4, 0.5) is 0 Å². The predicted molar refractivity (Wildman–Crippen MR) is 475 cm³/mol. The van der Waals surface area contributed by atoms with Crippen molar-refractivity contribution in [3.05, 3.63) is 25.3 Å². The van der Waals surface area contributed by atoms with E-state index in [2.05, 4.69) is 48.0 Å². The Bertz CT molecular complexity index is 2640. The molecule has 3 N–H and O–H groups in total. The van der Waals surface area contributed by atoms with Crippen molar-refractivity contribution >= 4 is 65.7 Å². The van der Waals surface area contributed by atoms with Crippen molar-refractivity contribution in [3.63, 3.8) is 0 Å². The second kappa shape index (κ2) is 81.5. The first-order chi connectivity index (χ1) is 57.7. The Morgan fingerprint density at radius 2 is 0.648 bits per heavy atom. The lowest BCUT2D eigenvalue weighted by molar-refractivity contribution is -0.891. The second-order valence-electron chi connectivity index (χ2n) is 34.6. The molecule has 0 heterocycles. The molecule has 0 aliphatic carbocycles. The number of hydrogen-bond donors (Lipinski definition) is 3. The van der Waals surface area contributed by atoms with Crippen molar-refractivity contribution in [3.8, 4) is 0 Å². The van der Waals surface area contributed by atoms with E-state index in [9.17, 15) is 68.1 Å². The molecule has 0 aliphatic heterocycles. The molecule has 3 unspecified atom stereocenters. The molecule has 0 saturated carbocycles. The lowest BCUT2D eigenvalue weighted by Gasteiger charge is -2.30. The molecule has 122 heavy (non-hydrogen) atoms. The SMILES string of the molecule is C=CC(=O)OCCCCOCC(O)CC[N+](C)(C)CCCCCCCCCCCC.C=CC(=O)OCCCCOCC(O)COC(=O)CCCCCOC(=O)C(C)(C)CC.CCC(C)(C)C(=O)OCCCCCC(=O)O.CCC(C)(C)C(=O)OCCCCCC(=O)[O-].CCCCC(CC)COC(=O)CCCCCOC(=O)CCCOC(=O)C(C)(C)CC. The number of aliphatic hydroxyl groups excluding tert-OH is 2. The summed E-state index contributed by atoms with van der Waals surface area (Å²) in [6.07, 6.45) is 36.0. The van der Waals surface area contributed by atoms with Crippen molar-refractivity contribution in [2.24, 2.45) is 27.6 Å².